The summed E-state index contributed by atoms with van der Waals surface area (Å²) in [6.45, 7) is 1.81. The van der Waals surface area contributed by atoms with Crippen molar-refractivity contribution in [2.75, 3.05) is 0 Å². The van der Waals surface area contributed by atoms with E-state index < -0.39 is 5.97 Å². The number of aryl methyl sites for hydroxylation is 1. The van der Waals surface area contributed by atoms with E-state index >= 15 is 0 Å². The van der Waals surface area contributed by atoms with Gasteiger partial charge in [0.25, 0.3) is 0 Å². The molecule has 0 atom stereocenters. The van der Waals surface area contributed by atoms with Crippen LogP contribution in [0.3, 0.4) is 0 Å². The first kappa shape index (κ1) is 13.1. The maximum absolute atomic E-state index is 11.1. The van der Waals surface area contributed by atoms with Crippen molar-refractivity contribution >= 4 is 17.7 Å². The molecule has 0 saturated heterocycles. The highest BCUT2D eigenvalue weighted by molar-refractivity contribution is 7.99. The van der Waals surface area contributed by atoms with Gasteiger partial charge >= 0.3 is 5.97 Å². The summed E-state index contributed by atoms with van der Waals surface area (Å²) in [5, 5.41) is 19.0. The van der Waals surface area contributed by atoms with E-state index in [1.165, 1.54) is 12.3 Å². The highest BCUT2D eigenvalue weighted by atomic mass is 32.2. The molecule has 0 aliphatic heterocycles. The Balaban J connectivity index is 2.46. The van der Waals surface area contributed by atoms with Crippen molar-refractivity contribution in [3.8, 4) is 6.07 Å². The second-order valence-electron chi connectivity index (χ2n) is 3.68. The summed E-state index contributed by atoms with van der Waals surface area (Å²) in [6, 6.07) is 6.84. The molecule has 0 aliphatic rings. The standard InChI is InChI=1S/C13H9N3O2S/c1-8-4-6-16-12(10(8)7-14)19-11-9(13(17)18)3-2-5-15-11/h2-6H,1H3,(H,17,18). The molecule has 0 amide bonds. The van der Waals surface area contributed by atoms with Crippen LogP contribution in [0.2, 0.25) is 0 Å². The minimum Gasteiger partial charge on any atom is -0.478 e. The van der Waals surface area contributed by atoms with E-state index in [9.17, 15) is 4.79 Å². The predicted molar refractivity (Wildman–Crippen MR) is 69.0 cm³/mol. The molecule has 0 bridgehead atoms. The van der Waals surface area contributed by atoms with E-state index in [1.807, 2.05) is 0 Å². The number of hydrogen-bond donors (Lipinski definition) is 1. The molecule has 2 aromatic heterocycles. The minimum absolute atomic E-state index is 0.0969. The smallest absolute Gasteiger partial charge is 0.338 e. The monoisotopic (exact) mass is 271 g/mol. The van der Waals surface area contributed by atoms with Crippen molar-refractivity contribution in [1.29, 1.82) is 5.26 Å². The molecule has 0 spiro atoms. The van der Waals surface area contributed by atoms with E-state index in [4.69, 9.17) is 10.4 Å². The molecule has 0 unspecified atom stereocenters. The Bertz CT molecular complexity index is 680. The van der Waals surface area contributed by atoms with Gasteiger partial charge in [0, 0.05) is 12.4 Å². The van der Waals surface area contributed by atoms with Crippen molar-refractivity contribution in [2.24, 2.45) is 0 Å². The van der Waals surface area contributed by atoms with Crippen molar-refractivity contribution in [3.63, 3.8) is 0 Å². The lowest BCUT2D eigenvalue weighted by Crippen LogP contribution is -2.01. The van der Waals surface area contributed by atoms with Crippen molar-refractivity contribution in [1.82, 2.24) is 9.97 Å². The number of aromatic carboxylic acids is 1. The fourth-order valence-corrected chi connectivity index (χ4v) is 2.46. The number of nitriles is 1. The van der Waals surface area contributed by atoms with Crippen LogP contribution in [0.4, 0.5) is 0 Å². The number of hydrogen-bond acceptors (Lipinski definition) is 5. The first-order chi connectivity index (χ1) is 9.13. The molecular formula is C13H9N3O2S. The molecule has 94 valence electrons. The van der Waals surface area contributed by atoms with Gasteiger partial charge in [-0.2, -0.15) is 5.26 Å². The Morgan fingerprint density at radius 2 is 2.05 bits per heavy atom. The quantitative estimate of drug-likeness (QED) is 0.922. The normalized spacial score (nSPS) is 9.89. The Morgan fingerprint density at radius 1 is 1.32 bits per heavy atom. The van der Waals surface area contributed by atoms with Crippen LogP contribution in [-0.4, -0.2) is 21.0 Å². The third kappa shape index (κ3) is 2.72. The zero-order valence-electron chi connectivity index (χ0n) is 9.99. The van der Waals surface area contributed by atoms with Gasteiger partial charge in [-0.1, -0.05) is 0 Å². The van der Waals surface area contributed by atoms with Gasteiger partial charge in [0.1, 0.15) is 16.1 Å². The number of rotatable bonds is 3. The molecule has 6 heteroatoms. The van der Waals surface area contributed by atoms with E-state index in [1.54, 1.807) is 25.3 Å². The molecule has 2 heterocycles. The molecule has 2 aromatic rings. The zero-order valence-corrected chi connectivity index (χ0v) is 10.8. The number of pyridine rings is 2. The second kappa shape index (κ2) is 5.50. The van der Waals surface area contributed by atoms with Crippen LogP contribution in [0.5, 0.6) is 0 Å². The predicted octanol–water partition coefficient (Wildman–Crippen LogP) is 2.51. The Labute approximate surface area is 113 Å². The van der Waals surface area contributed by atoms with E-state index in [0.717, 1.165) is 17.3 Å². The highest BCUT2D eigenvalue weighted by Gasteiger charge is 2.15. The molecule has 2 rings (SSSR count). The van der Waals surface area contributed by atoms with Gasteiger partial charge in [0.15, 0.2) is 0 Å². The van der Waals surface area contributed by atoms with Crippen LogP contribution < -0.4 is 0 Å². The lowest BCUT2D eigenvalue weighted by Gasteiger charge is -2.06. The molecule has 0 aliphatic carbocycles. The van der Waals surface area contributed by atoms with Crippen molar-refractivity contribution in [3.05, 3.63) is 47.3 Å². The summed E-state index contributed by atoms with van der Waals surface area (Å²) in [7, 11) is 0. The summed E-state index contributed by atoms with van der Waals surface area (Å²) in [5.74, 6) is -1.05. The number of aromatic nitrogens is 2. The summed E-state index contributed by atoms with van der Waals surface area (Å²) < 4.78 is 0. The molecular weight excluding hydrogens is 262 g/mol. The van der Waals surface area contributed by atoms with Crippen LogP contribution in [-0.2, 0) is 0 Å². The average molecular weight is 271 g/mol. The third-order valence-corrected chi connectivity index (χ3v) is 3.45. The largest absolute Gasteiger partial charge is 0.478 e. The molecule has 0 radical (unpaired) electrons. The fraction of sp³-hybridized carbons (Fsp3) is 0.0769. The van der Waals surface area contributed by atoms with Gasteiger partial charge in [-0.25, -0.2) is 14.8 Å². The summed E-state index contributed by atoms with van der Waals surface area (Å²) in [6.07, 6.45) is 3.10. The van der Waals surface area contributed by atoms with Gasteiger partial charge in [0.2, 0.25) is 0 Å². The van der Waals surface area contributed by atoms with Gasteiger partial charge in [-0.15, -0.1) is 0 Å². The molecule has 0 saturated carbocycles. The zero-order chi connectivity index (χ0) is 13.8. The van der Waals surface area contributed by atoms with Crippen LogP contribution in [0.25, 0.3) is 0 Å². The third-order valence-electron chi connectivity index (χ3n) is 2.43. The molecule has 1 N–H and O–H groups in total. The van der Waals surface area contributed by atoms with Crippen molar-refractivity contribution in [2.45, 2.75) is 17.0 Å². The molecule has 0 fully saturated rings. The fourth-order valence-electron chi connectivity index (χ4n) is 1.47. The first-order valence-corrected chi connectivity index (χ1v) is 6.17. The van der Waals surface area contributed by atoms with Crippen LogP contribution in [0.1, 0.15) is 21.5 Å². The van der Waals surface area contributed by atoms with E-state index in [0.29, 0.717) is 15.6 Å². The lowest BCUT2D eigenvalue weighted by atomic mass is 10.2. The SMILES string of the molecule is Cc1ccnc(Sc2ncccc2C(=O)O)c1C#N. The molecule has 19 heavy (non-hydrogen) atoms. The maximum atomic E-state index is 11.1. The van der Waals surface area contributed by atoms with Crippen LogP contribution in [0.15, 0.2) is 40.6 Å². The average Bonchev–Trinajstić information content (AvgIpc) is 2.39. The van der Waals surface area contributed by atoms with Crippen molar-refractivity contribution < 1.29 is 9.90 Å². The maximum Gasteiger partial charge on any atom is 0.338 e. The second-order valence-corrected chi connectivity index (χ2v) is 4.66. The van der Waals surface area contributed by atoms with Gasteiger partial charge < -0.3 is 5.11 Å². The summed E-state index contributed by atoms with van der Waals surface area (Å²) in [4.78, 5) is 19.2. The number of carboxylic acid groups (broad SMARTS) is 1. The Hall–Kier alpha value is -2.39. The number of nitrogens with zero attached hydrogens (tertiary/aromatic N) is 3. The number of carboxylic acids is 1. The Morgan fingerprint density at radius 3 is 2.74 bits per heavy atom. The first-order valence-electron chi connectivity index (χ1n) is 5.35. The van der Waals surface area contributed by atoms with Gasteiger partial charge in [0.05, 0.1) is 11.1 Å². The summed E-state index contributed by atoms with van der Waals surface area (Å²) >= 11 is 1.08. The van der Waals surface area contributed by atoms with E-state index in [2.05, 4.69) is 16.0 Å². The molecule has 5 nitrogen and oxygen atoms in total. The summed E-state index contributed by atoms with van der Waals surface area (Å²) in [5.41, 5.74) is 1.34. The number of carbonyl (C=O) groups is 1. The van der Waals surface area contributed by atoms with Gasteiger partial charge in [-0.3, -0.25) is 0 Å². The highest BCUT2D eigenvalue weighted by Crippen LogP contribution is 2.30. The Kier molecular flexibility index (Phi) is 3.78. The molecule has 0 aromatic carbocycles. The van der Waals surface area contributed by atoms with Crippen LogP contribution in [0, 0.1) is 18.3 Å². The van der Waals surface area contributed by atoms with Crippen LogP contribution >= 0.6 is 11.8 Å². The topological polar surface area (TPSA) is 86.9 Å². The van der Waals surface area contributed by atoms with Gasteiger partial charge in [-0.05, 0) is 42.4 Å². The lowest BCUT2D eigenvalue weighted by molar-refractivity contribution is 0.0692. The van der Waals surface area contributed by atoms with E-state index in [-0.39, 0.29) is 5.56 Å². The minimum atomic E-state index is -1.05.